The fourth-order valence-electron chi connectivity index (χ4n) is 1.71. The summed E-state index contributed by atoms with van der Waals surface area (Å²) in [5.74, 6) is 5.43. The van der Waals surface area contributed by atoms with Crippen molar-refractivity contribution in [2.75, 3.05) is 0 Å². The standard InChI is InChI=1S/C12H11F3N4/c13-12(14,15)10-3-1-8(2-4-10)11(19-16)9-5-17-7-18-6-9/h1-7,11,19H,16H2. The van der Waals surface area contributed by atoms with E-state index >= 15 is 0 Å². The summed E-state index contributed by atoms with van der Waals surface area (Å²) in [6, 6.07) is 4.33. The van der Waals surface area contributed by atoms with Gasteiger partial charge in [-0.15, -0.1) is 0 Å². The van der Waals surface area contributed by atoms with Crippen LogP contribution in [0.2, 0.25) is 0 Å². The van der Waals surface area contributed by atoms with Crippen LogP contribution in [0.4, 0.5) is 13.2 Å². The van der Waals surface area contributed by atoms with Crippen LogP contribution in [0.3, 0.4) is 0 Å². The second-order valence-electron chi connectivity index (χ2n) is 3.89. The number of nitrogens with two attached hydrogens (primary N) is 1. The molecule has 0 bridgehead atoms. The molecule has 0 aliphatic heterocycles. The average Bonchev–Trinajstić information content (AvgIpc) is 2.40. The lowest BCUT2D eigenvalue weighted by Gasteiger charge is -2.16. The van der Waals surface area contributed by atoms with Crippen molar-refractivity contribution in [2.45, 2.75) is 12.2 Å². The van der Waals surface area contributed by atoms with E-state index in [0.717, 1.165) is 12.1 Å². The van der Waals surface area contributed by atoms with Gasteiger partial charge in [-0.1, -0.05) is 12.1 Å². The quantitative estimate of drug-likeness (QED) is 0.660. The van der Waals surface area contributed by atoms with Crippen molar-refractivity contribution in [1.29, 1.82) is 0 Å². The van der Waals surface area contributed by atoms with Crippen LogP contribution in [-0.4, -0.2) is 9.97 Å². The normalized spacial score (nSPS) is 13.3. The van der Waals surface area contributed by atoms with Gasteiger partial charge in [-0.05, 0) is 17.7 Å². The third kappa shape index (κ3) is 3.07. The van der Waals surface area contributed by atoms with E-state index in [1.165, 1.54) is 18.5 Å². The molecule has 0 aliphatic carbocycles. The molecule has 1 aromatic carbocycles. The van der Waals surface area contributed by atoms with E-state index in [2.05, 4.69) is 15.4 Å². The van der Waals surface area contributed by atoms with E-state index in [4.69, 9.17) is 5.84 Å². The summed E-state index contributed by atoms with van der Waals surface area (Å²) in [5, 5.41) is 0. The summed E-state index contributed by atoms with van der Waals surface area (Å²) < 4.78 is 37.4. The molecular weight excluding hydrogens is 257 g/mol. The Bertz CT molecular complexity index is 525. The fraction of sp³-hybridized carbons (Fsp3) is 0.167. The van der Waals surface area contributed by atoms with Gasteiger partial charge in [0, 0.05) is 18.0 Å². The molecule has 1 aromatic heterocycles. The van der Waals surface area contributed by atoms with Gasteiger partial charge >= 0.3 is 6.18 Å². The van der Waals surface area contributed by atoms with Crippen LogP contribution in [0.5, 0.6) is 0 Å². The molecular formula is C12H11F3N4. The number of alkyl halides is 3. The van der Waals surface area contributed by atoms with Gasteiger partial charge in [0.2, 0.25) is 0 Å². The Morgan fingerprint density at radius 3 is 2.05 bits per heavy atom. The molecule has 0 aliphatic rings. The van der Waals surface area contributed by atoms with E-state index in [1.807, 2.05) is 0 Å². The van der Waals surface area contributed by atoms with Crippen molar-refractivity contribution in [3.63, 3.8) is 0 Å². The van der Waals surface area contributed by atoms with Crippen LogP contribution in [0.1, 0.15) is 22.7 Å². The molecule has 0 fully saturated rings. The SMILES string of the molecule is NNC(c1ccc(C(F)(F)F)cc1)c1cncnc1. The van der Waals surface area contributed by atoms with Crippen LogP contribution in [0, 0.1) is 0 Å². The Kier molecular flexibility index (Phi) is 3.77. The summed E-state index contributed by atoms with van der Waals surface area (Å²) in [5.41, 5.74) is 3.11. The zero-order valence-electron chi connectivity index (χ0n) is 9.72. The predicted molar refractivity (Wildman–Crippen MR) is 62.6 cm³/mol. The number of nitrogens with one attached hydrogen (secondary N) is 1. The monoisotopic (exact) mass is 268 g/mol. The molecule has 1 atom stereocenters. The first-order valence-electron chi connectivity index (χ1n) is 5.40. The number of nitrogens with zero attached hydrogens (tertiary/aromatic N) is 2. The first kappa shape index (κ1) is 13.4. The maximum Gasteiger partial charge on any atom is 0.416 e. The molecule has 0 amide bonds. The zero-order chi connectivity index (χ0) is 13.9. The third-order valence-corrected chi connectivity index (χ3v) is 2.65. The number of hydrogen-bond acceptors (Lipinski definition) is 4. The van der Waals surface area contributed by atoms with Crippen molar-refractivity contribution in [3.8, 4) is 0 Å². The minimum Gasteiger partial charge on any atom is -0.271 e. The molecule has 19 heavy (non-hydrogen) atoms. The van der Waals surface area contributed by atoms with Crippen LogP contribution >= 0.6 is 0 Å². The van der Waals surface area contributed by atoms with Crippen molar-refractivity contribution in [1.82, 2.24) is 15.4 Å². The molecule has 3 N–H and O–H groups in total. The summed E-state index contributed by atoms with van der Waals surface area (Å²) in [7, 11) is 0. The highest BCUT2D eigenvalue weighted by Crippen LogP contribution is 2.30. The number of hydrogen-bond donors (Lipinski definition) is 2. The Balaban J connectivity index is 2.30. The molecule has 2 rings (SSSR count). The van der Waals surface area contributed by atoms with Gasteiger partial charge in [0.05, 0.1) is 11.6 Å². The zero-order valence-corrected chi connectivity index (χ0v) is 9.72. The molecule has 0 saturated heterocycles. The Morgan fingerprint density at radius 2 is 1.58 bits per heavy atom. The molecule has 7 heteroatoms. The highest BCUT2D eigenvalue weighted by Gasteiger charge is 2.30. The van der Waals surface area contributed by atoms with Crippen molar-refractivity contribution >= 4 is 0 Å². The van der Waals surface area contributed by atoms with Crippen LogP contribution < -0.4 is 11.3 Å². The Morgan fingerprint density at radius 1 is 1.00 bits per heavy atom. The van der Waals surface area contributed by atoms with Crippen LogP contribution in [0.15, 0.2) is 43.0 Å². The lowest BCUT2D eigenvalue weighted by molar-refractivity contribution is -0.137. The van der Waals surface area contributed by atoms with E-state index in [1.54, 1.807) is 12.4 Å². The minimum absolute atomic E-state index is 0.455. The van der Waals surface area contributed by atoms with Crippen molar-refractivity contribution in [3.05, 3.63) is 59.7 Å². The number of hydrazine groups is 1. The lowest BCUT2D eigenvalue weighted by Crippen LogP contribution is -2.29. The van der Waals surface area contributed by atoms with Crippen LogP contribution in [-0.2, 0) is 6.18 Å². The van der Waals surface area contributed by atoms with Gasteiger partial charge in [-0.25, -0.2) is 15.4 Å². The number of benzene rings is 1. The molecule has 4 nitrogen and oxygen atoms in total. The van der Waals surface area contributed by atoms with Crippen molar-refractivity contribution in [2.24, 2.45) is 5.84 Å². The lowest BCUT2D eigenvalue weighted by atomic mass is 10.0. The maximum absolute atomic E-state index is 12.5. The van der Waals surface area contributed by atoms with Crippen LogP contribution in [0.25, 0.3) is 0 Å². The van der Waals surface area contributed by atoms with E-state index in [-0.39, 0.29) is 0 Å². The molecule has 100 valence electrons. The molecule has 0 saturated carbocycles. The summed E-state index contributed by atoms with van der Waals surface area (Å²) in [4.78, 5) is 7.70. The summed E-state index contributed by atoms with van der Waals surface area (Å²) >= 11 is 0. The predicted octanol–water partition coefficient (Wildman–Crippen LogP) is 2.05. The summed E-state index contributed by atoms with van der Waals surface area (Å²) in [6.45, 7) is 0. The second-order valence-corrected chi connectivity index (χ2v) is 3.89. The van der Waals surface area contributed by atoms with Gasteiger partial charge in [-0.2, -0.15) is 13.2 Å². The first-order chi connectivity index (χ1) is 9.02. The Hall–Kier alpha value is -1.99. The fourth-order valence-corrected chi connectivity index (χ4v) is 1.71. The van der Waals surface area contributed by atoms with Gasteiger partial charge in [0.15, 0.2) is 0 Å². The topological polar surface area (TPSA) is 63.8 Å². The number of halogens is 3. The first-order valence-corrected chi connectivity index (χ1v) is 5.40. The largest absolute Gasteiger partial charge is 0.416 e. The second kappa shape index (κ2) is 5.33. The Labute approximate surface area is 107 Å². The molecule has 0 spiro atoms. The number of aromatic nitrogens is 2. The highest BCUT2D eigenvalue weighted by atomic mass is 19.4. The van der Waals surface area contributed by atoms with Crippen molar-refractivity contribution < 1.29 is 13.2 Å². The van der Waals surface area contributed by atoms with E-state index < -0.39 is 17.8 Å². The van der Waals surface area contributed by atoms with Gasteiger partial charge < -0.3 is 0 Å². The van der Waals surface area contributed by atoms with Gasteiger partial charge in [0.25, 0.3) is 0 Å². The number of rotatable bonds is 3. The minimum atomic E-state index is -4.35. The maximum atomic E-state index is 12.5. The van der Waals surface area contributed by atoms with Gasteiger partial charge in [0.1, 0.15) is 6.33 Å². The summed E-state index contributed by atoms with van der Waals surface area (Å²) in [6.07, 6.45) is 0.119. The van der Waals surface area contributed by atoms with E-state index in [9.17, 15) is 13.2 Å². The third-order valence-electron chi connectivity index (χ3n) is 2.65. The smallest absolute Gasteiger partial charge is 0.271 e. The molecule has 0 radical (unpaired) electrons. The molecule has 2 aromatic rings. The highest BCUT2D eigenvalue weighted by molar-refractivity contribution is 5.32. The average molecular weight is 268 g/mol. The van der Waals surface area contributed by atoms with E-state index in [0.29, 0.717) is 11.1 Å². The molecule has 1 heterocycles. The molecule has 1 unspecified atom stereocenters. The van der Waals surface area contributed by atoms with Gasteiger partial charge in [-0.3, -0.25) is 5.84 Å².